The molecule has 0 bridgehead atoms. The van der Waals surface area contributed by atoms with Crippen LogP contribution in [0.4, 0.5) is 4.39 Å². The molecular formula is C11H12Cl2FN. The first-order valence-corrected chi connectivity index (χ1v) is 5.63. The molecule has 15 heavy (non-hydrogen) atoms. The maximum Gasteiger partial charge on any atom is 0.143 e. The van der Waals surface area contributed by atoms with Crippen LogP contribution < -0.4 is 5.73 Å². The van der Waals surface area contributed by atoms with Gasteiger partial charge in [-0.15, -0.1) is 0 Å². The topological polar surface area (TPSA) is 26.0 Å². The summed E-state index contributed by atoms with van der Waals surface area (Å²) in [6, 6.07) is 2.92. The van der Waals surface area contributed by atoms with E-state index in [1.807, 2.05) is 6.92 Å². The Labute approximate surface area is 98.4 Å². The van der Waals surface area contributed by atoms with E-state index < -0.39 is 5.82 Å². The summed E-state index contributed by atoms with van der Waals surface area (Å²) in [7, 11) is 0. The average molecular weight is 248 g/mol. The molecule has 1 aromatic carbocycles. The molecule has 1 fully saturated rings. The van der Waals surface area contributed by atoms with Gasteiger partial charge >= 0.3 is 0 Å². The highest BCUT2D eigenvalue weighted by Gasteiger charge is 2.49. The third-order valence-electron chi connectivity index (χ3n) is 3.19. The lowest BCUT2D eigenvalue weighted by Gasteiger charge is -2.21. The van der Waals surface area contributed by atoms with Gasteiger partial charge in [0.1, 0.15) is 5.82 Å². The Hall–Kier alpha value is -0.310. The minimum atomic E-state index is -0.467. The van der Waals surface area contributed by atoms with Crippen LogP contribution in [0.3, 0.4) is 0 Å². The number of hydrogen-bond acceptors (Lipinski definition) is 1. The minimum absolute atomic E-state index is 0.0344. The second kappa shape index (κ2) is 3.62. The summed E-state index contributed by atoms with van der Waals surface area (Å²) in [6.07, 6.45) is 1.90. The van der Waals surface area contributed by atoms with Crippen LogP contribution in [0.1, 0.15) is 25.3 Å². The first kappa shape index (κ1) is 11.2. The van der Waals surface area contributed by atoms with Crippen molar-refractivity contribution in [3.05, 3.63) is 33.6 Å². The van der Waals surface area contributed by atoms with Gasteiger partial charge in [-0.3, -0.25) is 0 Å². The SMILES string of the molecule is CC(N)C1(c2cc(Cl)cc(F)c2Cl)CC1. The van der Waals surface area contributed by atoms with E-state index in [4.69, 9.17) is 28.9 Å². The Morgan fingerprint density at radius 3 is 2.47 bits per heavy atom. The van der Waals surface area contributed by atoms with E-state index in [2.05, 4.69) is 0 Å². The van der Waals surface area contributed by atoms with Crippen LogP contribution >= 0.6 is 23.2 Å². The molecule has 0 aromatic heterocycles. The van der Waals surface area contributed by atoms with Crippen molar-refractivity contribution in [3.63, 3.8) is 0 Å². The fourth-order valence-corrected chi connectivity index (χ4v) is 2.53. The van der Waals surface area contributed by atoms with Gasteiger partial charge in [-0.2, -0.15) is 0 Å². The summed E-state index contributed by atoms with van der Waals surface area (Å²) in [5.41, 5.74) is 6.50. The average Bonchev–Trinajstić information content (AvgIpc) is 2.91. The second-order valence-corrected chi connectivity index (χ2v) is 5.01. The van der Waals surface area contributed by atoms with E-state index >= 15 is 0 Å². The van der Waals surface area contributed by atoms with Crippen LogP contribution in [0.2, 0.25) is 10.0 Å². The quantitative estimate of drug-likeness (QED) is 0.796. The predicted molar refractivity (Wildman–Crippen MR) is 61.0 cm³/mol. The van der Waals surface area contributed by atoms with Gasteiger partial charge in [0, 0.05) is 16.5 Å². The molecular weight excluding hydrogens is 236 g/mol. The smallest absolute Gasteiger partial charge is 0.143 e. The van der Waals surface area contributed by atoms with Crippen LogP contribution in [0, 0.1) is 5.82 Å². The van der Waals surface area contributed by atoms with Crippen LogP contribution in [0.5, 0.6) is 0 Å². The highest BCUT2D eigenvalue weighted by molar-refractivity contribution is 6.33. The van der Waals surface area contributed by atoms with Crippen molar-refractivity contribution >= 4 is 23.2 Å². The lowest BCUT2D eigenvalue weighted by atomic mass is 9.89. The summed E-state index contributed by atoms with van der Waals surface area (Å²) >= 11 is 11.8. The van der Waals surface area contributed by atoms with Crippen molar-refractivity contribution in [1.29, 1.82) is 0 Å². The van der Waals surface area contributed by atoms with E-state index in [1.165, 1.54) is 6.07 Å². The molecule has 4 heteroatoms. The first-order chi connectivity index (χ1) is 6.97. The fourth-order valence-electron chi connectivity index (χ4n) is 2.02. The third kappa shape index (κ3) is 1.75. The van der Waals surface area contributed by atoms with Crippen LogP contribution in [-0.4, -0.2) is 6.04 Å². The van der Waals surface area contributed by atoms with Gasteiger partial charge in [-0.1, -0.05) is 23.2 Å². The minimum Gasteiger partial charge on any atom is -0.327 e. The zero-order valence-electron chi connectivity index (χ0n) is 8.36. The predicted octanol–water partition coefficient (Wildman–Crippen LogP) is 3.51. The van der Waals surface area contributed by atoms with E-state index in [9.17, 15) is 4.39 Å². The highest BCUT2D eigenvalue weighted by atomic mass is 35.5. The Morgan fingerprint density at radius 1 is 1.40 bits per heavy atom. The zero-order valence-corrected chi connectivity index (χ0v) is 9.87. The standard InChI is InChI=1S/C11H12Cl2FN/c1-6(15)11(2-3-11)8-4-7(12)5-9(14)10(8)13/h4-6H,2-3,15H2,1H3. The molecule has 0 heterocycles. The summed E-state index contributed by atoms with van der Waals surface area (Å²) in [4.78, 5) is 0. The Bertz CT molecular complexity index is 400. The summed E-state index contributed by atoms with van der Waals surface area (Å²) in [6.45, 7) is 1.92. The number of hydrogen-bond donors (Lipinski definition) is 1. The van der Waals surface area contributed by atoms with Gasteiger partial charge in [0.15, 0.2) is 0 Å². The normalized spacial score (nSPS) is 20.1. The zero-order chi connectivity index (χ0) is 11.2. The molecule has 1 saturated carbocycles. The molecule has 2 rings (SSSR count). The molecule has 1 aromatic rings. The van der Waals surface area contributed by atoms with Gasteiger partial charge in [0.25, 0.3) is 0 Å². The van der Waals surface area contributed by atoms with E-state index in [0.717, 1.165) is 18.4 Å². The summed E-state index contributed by atoms with van der Waals surface area (Å²) in [5, 5.41) is 0.535. The van der Waals surface area contributed by atoms with E-state index in [-0.39, 0.29) is 16.5 Å². The van der Waals surface area contributed by atoms with Gasteiger partial charge in [-0.05, 0) is 37.5 Å². The monoisotopic (exact) mass is 247 g/mol. The van der Waals surface area contributed by atoms with Gasteiger partial charge < -0.3 is 5.73 Å². The lowest BCUT2D eigenvalue weighted by Crippen LogP contribution is -2.32. The van der Waals surface area contributed by atoms with Crippen LogP contribution in [0.15, 0.2) is 12.1 Å². The molecule has 1 unspecified atom stereocenters. The van der Waals surface area contributed by atoms with E-state index in [0.29, 0.717) is 5.02 Å². The van der Waals surface area contributed by atoms with Gasteiger partial charge in [0.05, 0.1) is 5.02 Å². The third-order valence-corrected chi connectivity index (χ3v) is 3.79. The molecule has 0 radical (unpaired) electrons. The molecule has 1 aliphatic rings. The van der Waals surface area contributed by atoms with Crippen molar-refractivity contribution in [1.82, 2.24) is 0 Å². The summed E-state index contributed by atoms with van der Waals surface area (Å²) < 4.78 is 13.4. The maximum atomic E-state index is 13.4. The number of rotatable bonds is 2. The van der Waals surface area contributed by atoms with Crippen LogP contribution in [0.25, 0.3) is 0 Å². The molecule has 2 N–H and O–H groups in total. The molecule has 0 spiro atoms. The fraction of sp³-hybridized carbons (Fsp3) is 0.455. The Morgan fingerprint density at radius 2 is 2.00 bits per heavy atom. The highest BCUT2D eigenvalue weighted by Crippen LogP contribution is 2.53. The van der Waals surface area contributed by atoms with Crippen molar-refractivity contribution < 1.29 is 4.39 Å². The van der Waals surface area contributed by atoms with Crippen molar-refractivity contribution in [2.75, 3.05) is 0 Å². The molecule has 0 saturated heterocycles. The molecule has 0 aliphatic heterocycles. The van der Waals surface area contributed by atoms with Crippen molar-refractivity contribution in [2.45, 2.75) is 31.2 Å². The largest absolute Gasteiger partial charge is 0.327 e. The Kier molecular flexibility index (Phi) is 2.70. The summed E-state index contributed by atoms with van der Waals surface area (Å²) in [5.74, 6) is -0.467. The van der Waals surface area contributed by atoms with Crippen molar-refractivity contribution in [3.8, 4) is 0 Å². The van der Waals surface area contributed by atoms with Crippen molar-refractivity contribution in [2.24, 2.45) is 5.73 Å². The number of halogens is 3. The first-order valence-electron chi connectivity index (χ1n) is 4.88. The van der Waals surface area contributed by atoms with Crippen LogP contribution in [-0.2, 0) is 5.41 Å². The van der Waals surface area contributed by atoms with Gasteiger partial charge in [-0.25, -0.2) is 4.39 Å². The number of nitrogens with two attached hydrogens (primary N) is 1. The second-order valence-electron chi connectivity index (χ2n) is 4.19. The molecule has 82 valence electrons. The molecule has 1 atom stereocenters. The Balaban J connectivity index is 2.53. The van der Waals surface area contributed by atoms with Gasteiger partial charge in [0.2, 0.25) is 0 Å². The molecule has 0 amide bonds. The maximum absolute atomic E-state index is 13.4. The molecule has 1 aliphatic carbocycles. The number of benzene rings is 1. The van der Waals surface area contributed by atoms with E-state index in [1.54, 1.807) is 6.07 Å². The lowest BCUT2D eigenvalue weighted by molar-refractivity contribution is 0.549. The molecule has 1 nitrogen and oxygen atoms in total.